The van der Waals surface area contributed by atoms with Gasteiger partial charge in [0, 0.05) is 13.1 Å². The minimum Gasteiger partial charge on any atom is -0.483 e. The lowest BCUT2D eigenvalue weighted by Gasteiger charge is -2.09. The second-order valence-corrected chi connectivity index (χ2v) is 5.62. The number of ether oxygens (including phenoxy) is 1. The molecule has 126 valence electrons. The van der Waals surface area contributed by atoms with E-state index in [9.17, 15) is 10.1 Å². The SMILES string of the molecule is Cn1c([N+](=O)[O-])cnc1COc1ccc(N=CN2CCCC2)cc1. The molecule has 0 radical (unpaired) electrons. The summed E-state index contributed by atoms with van der Waals surface area (Å²) in [7, 11) is 1.60. The van der Waals surface area contributed by atoms with E-state index in [1.165, 1.54) is 23.6 Å². The lowest BCUT2D eigenvalue weighted by molar-refractivity contribution is -0.391. The molecule has 0 saturated carbocycles. The molecule has 1 fully saturated rings. The Bertz CT molecular complexity index is 733. The summed E-state index contributed by atoms with van der Waals surface area (Å²) in [4.78, 5) is 21.0. The predicted molar refractivity (Wildman–Crippen MR) is 89.6 cm³/mol. The fourth-order valence-corrected chi connectivity index (χ4v) is 2.52. The van der Waals surface area contributed by atoms with Crippen molar-refractivity contribution >= 4 is 17.8 Å². The highest BCUT2D eigenvalue weighted by Gasteiger charge is 2.16. The highest BCUT2D eigenvalue weighted by atomic mass is 16.6. The van der Waals surface area contributed by atoms with Gasteiger partial charge >= 0.3 is 5.82 Å². The molecule has 1 aromatic heterocycles. The average molecular weight is 329 g/mol. The minimum atomic E-state index is -0.469. The molecule has 1 aromatic carbocycles. The van der Waals surface area contributed by atoms with E-state index in [0.29, 0.717) is 11.6 Å². The van der Waals surface area contributed by atoms with E-state index in [-0.39, 0.29) is 12.4 Å². The molecule has 0 spiro atoms. The van der Waals surface area contributed by atoms with Crippen molar-refractivity contribution in [2.24, 2.45) is 12.0 Å². The highest BCUT2D eigenvalue weighted by Crippen LogP contribution is 2.20. The molecule has 0 N–H and O–H groups in total. The first-order valence-corrected chi connectivity index (χ1v) is 7.79. The maximum absolute atomic E-state index is 10.8. The number of aliphatic imine (C=N–C) groups is 1. The van der Waals surface area contributed by atoms with Crippen molar-refractivity contribution in [3.63, 3.8) is 0 Å². The topological polar surface area (TPSA) is 85.8 Å². The Kier molecular flexibility index (Phi) is 4.74. The first kappa shape index (κ1) is 16.0. The number of imidazole rings is 1. The van der Waals surface area contributed by atoms with E-state index in [1.54, 1.807) is 7.05 Å². The minimum absolute atomic E-state index is 0.0554. The number of hydrogen-bond acceptors (Lipinski definition) is 5. The lowest BCUT2D eigenvalue weighted by atomic mass is 10.3. The van der Waals surface area contributed by atoms with Gasteiger partial charge in [-0.1, -0.05) is 0 Å². The van der Waals surface area contributed by atoms with Crippen LogP contribution < -0.4 is 4.74 Å². The van der Waals surface area contributed by atoms with Gasteiger partial charge in [-0.2, -0.15) is 0 Å². The molecule has 2 heterocycles. The van der Waals surface area contributed by atoms with E-state index in [4.69, 9.17) is 4.74 Å². The fraction of sp³-hybridized carbons (Fsp3) is 0.375. The van der Waals surface area contributed by atoms with Crippen LogP contribution in [0.5, 0.6) is 5.75 Å². The third-order valence-corrected chi connectivity index (χ3v) is 3.96. The molecule has 24 heavy (non-hydrogen) atoms. The lowest BCUT2D eigenvalue weighted by Crippen LogP contribution is -2.15. The molecule has 0 amide bonds. The van der Waals surface area contributed by atoms with E-state index >= 15 is 0 Å². The predicted octanol–water partition coefficient (Wildman–Crippen LogP) is 2.66. The summed E-state index contributed by atoms with van der Waals surface area (Å²) >= 11 is 0. The summed E-state index contributed by atoms with van der Waals surface area (Å²) < 4.78 is 7.04. The smallest absolute Gasteiger partial charge is 0.342 e. The molecular formula is C16H19N5O3. The summed E-state index contributed by atoms with van der Waals surface area (Å²) in [5.41, 5.74) is 0.863. The maximum Gasteiger partial charge on any atom is 0.342 e. The van der Waals surface area contributed by atoms with E-state index < -0.39 is 4.92 Å². The maximum atomic E-state index is 10.8. The molecule has 1 aliphatic heterocycles. The number of aromatic nitrogens is 2. The number of benzene rings is 1. The molecule has 0 unspecified atom stereocenters. The number of likely N-dealkylation sites (tertiary alicyclic amines) is 1. The molecule has 1 aliphatic rings. The highest BCUT2D eigenvalue weighted by molar-refractivity contribution is 5.61. The molecular weight excluding hydrogens is 310 g/mol. The van der Waals surface area contributed by atoms with Crippen molar-refractivity contribution in [3.8, 4) is 5.75 Å². The van der Waals surface area contributed by atoms with Crippen LogP contribution in [-0.2, 0) is 13.7 Å². The molecule has 0 atom stereocenters. The summed E-state index contributed by atoms with van der Waals surface area (Å²) in [6.07, 6.45) is 5.57. The molecule has 3 rings (SSSR count). The van der Waals surface area contributed by atoms with Gasteiger partial charge in [0.1, 0.15) is 11.9 Å². The monoisotopic (exact) mass is 329 g/mol. The van der Waals surface area contributed by atoms with Crippen molar-refractivity contribution < 1.29 is 9.66 Å². The van der Waals surface area contributed by atoms with Crippen LogP contribution in [-0.4, -0.2) is 38.8 Å². The summed E-state index contributed by atoms with van der Waals surface area (Å²) in [5.74, 6) is 1.11. The Hall–Kier alpha value is -2.90. The van der Waals surface area contributed by atoms with E-state index in [2.05, 4.69) is 14.9 Å². The summed E-state index contributed by atoms with van der Waals surface area (Å²) in [6, 6.07) is 7.41. The second kappa shape index (κ2) is 7.12. The zero-order valence-corrected chi connectivity index (χ0v) is 13.5. The Morgan fingerprint density at radius 3 is 2.67 bits per heavy atom. The van der Waals surface area contributed by atoms with Crippen LogP contribution >= 0.6 is 0 Å². The van der Waals surface area contributed by atoms with Crippen LogP contribution in [0.3, 0.4) is 0 Å². The Labute approximate surface area is 139 Å². The molecule has 0 bridgehead atoms. The number of hydrogen-bond donors (Lipinski definition) is 0. The zero-order valence-electron chi connectivity index (χ0n) is 13.5. The Morgan fingerprint density at radius 2 is 2.04 bits per heavy atom. The number of rotatable bonds is 6. The van der Waals surface area contributed by atoms with Crippen molar-refractivity contribution in [2.45, 2.75) is 19.4 Å². The molecule has 8 heteroatoms. The normalized spacial score (nSPS) is 14.5. The van der Waals surface area contributed by atoms with Crippen LogP contribution in [0.4, 0.5) is 11.5 Å². The van der Waals surface area contributed by atoms with E-state index in [1.807, 2.05) is 30.6 Å². The van der Waals surface area contributed by atoms with Crippen LogP contribution in [0.1, 0.15) is 18.7 Å². The third kappa shape index (κ3) is 3.70. The van der Waals surface area contributed by atoms with Crippen LogP contribution in [0.2, 0.25) is 0 Å². The van der Waals surface area contributed by atoms with Gasteiger partial charge in [-0.25, -0.2) is 14.5 Å². The van der Waals surface area contributed by atoms with Crippen molar-refractivity contribution in [2.75, 3.05) is 13.1 Å². The fourth-order valence-electron chi connectivity index (χ4n) is 2.52. The molecule has 1 saturated heterocycles. The van der Waals surface area contributed by atoms with Crippen molar-refractivity contribution in [3.05, 3.63) is 46.4 Å². The Morgan fingerprint density at radius 1 is 1.33 bits per heavy atom. The molecule has 2 aromatic rings. The summed E-state index contributed by atoms with van der Waals surface area (Å²) in [6.45, 7) is 2.31. The first-order valence-electron chi connectivity index (χ1n) is 7.79. The standard InChI is InChI=1S/C16H19N5O3/c1-19-15(17-10-16(19)21(22)23)11-24-14-6-4-13(5-7-14)18-12-20-8-2-3-9-20/h4-7,10,12H,2-3,8-9,11H2,1H3. The first-order chi connectivity index (χ1) is 11.6. The van der Waals surface area contributed by atoms with Crippen LogP contribution in [0, 0.1) is 10.1 Å². The van der Waals surface area contributed by atoms with Gasteiger partial charge in [0.15, 0.2) is 6.61 Å². The van der Waals surface area contributed by atoms with Crippen LogP contribution in [0.25, 0.3) is 0 Å². The third-order valence-electron chi connectivity index (χ3n) is 3.96. The van der Waals surface area contributed by atoms with Gasteiger partial charge in [-0.15, -0.1) is 0 Å². The van der Waals surface area contributed by atoms with Gasteiger partial charge < -0.3 is 19.8 Å². The zero-order chi connectivity index (χ0) is 16.9. The quantitative estimate of drug-likeness (QED) is 0.352. The molecule has 0 aliphatic carbocycles. The van der Waals surface area contributed by atoms with Gasteiger partial charge in [-0.05, 0) is 42.0 Å². The summed E-state index contributed by atoms with van der Waals surface area (Å²) in [5, 5.41) is 10.8. The van der Waals surface area contributed by atoms with E-state index in [0.717, 1.165) is 18.8 Å². The van der Waals surface area contributed by atoms with Crippen molar-refractivity contribution in [1.29, 1.82) is 0 Å². The number of nitro groups is 1. The largest absolute Gasteiger partial charge is 0.483 e. The van der Waals surface area contributed by atoms with Gasteiger partial charge in [-0.3, -0.25) is 0 Å². The number of nitrogens with zero attached hydrogens (tertiary/aromatic N) is 5. The molecule has 8 nitrogen and oxygen atoms in total. The van der Waals surface area contributed by atoms with Crippen molar-refractivity contribution in [1.82, 2.24) is 14.5 Å². The second-order valence-electron chi connectivity index (χ2n) is 5.62. The van der Waals surface area contributed by atoms with Crippen LogP contribution in [0.15, 0.2) is 35.5 Å². The van der Waals surface area contributed by atoms with Gasteiger partial charge in [0.25, 0.3) is 0 Å². The average Bonchev–Trinajstić information content (AvgIpc) is 3.22. The Balaban J connectivity index is 1.57. The van der Waals surface area contributed by atoms with Gasteiger partial charge in [0.2, 0.25) is 5.82 Å². The van der Waals surface area contributed by atoms with Gasteiger partial charge in [0.05, 0.1) is 19.1 Å².